The first-order valence-corrected chi connectivity index (χ1v) is 10.0. The fraction of sp³-hybridized carbons (Fsp3) is 0.682. The van der Waals surface area contributed by atoms with Crippen LogP contribution in [-0.4, -0.2) is 11.1 Å². The van der Waals surface area contributed by atoms with E-state index in [1.54, 1.807) is 12.1 Å². The molecule has 1 aromatic carbocycles. The summed E-state index contributed by atoms with van der Waals surface area (Å²) >= 11 is 0. The van der Waals surface area contributed by atoms with Crippen LogP contribution in [0.5, 0.6) is 0 Å². The van der Waals surface area contributed by atoms with Gasteiger partial charge < -0.3 is 5.11 Å². The van der Waals surface area contributed by atoms with Gasteiger partial charge in [0.2, 0.25) is 0 Å². The lowest BCUT2D eigenvalue weighted by atomic mass is 9.99. The number of aryl methyl sites for hydroxylation is 1. The van der Waals surface area contributed by atoms with Crippen molar-refractivity contribution in [1.29, 1.82) is 0 Å². The van der Waals surface area contributed by atoms with Crippen LogP contribution in [0.25, 0.3) is 0 Å². The highest BCUT2D eigenvalue weighted by molar-refractivity contribution is 5.66. The maximum Gasteiger partial charge on any atom is 0.303 e. The minimum atomic E-state index is -0.676. The summed E-state index contributed by atoms with van der Waals surface area (Å²) in [6, 6.07) is 6.86. The Morgan fingerprint density at radius 2 is 1.36 bits per heavy atom. The van der Waals surface area contributed by atoms with Crippen molar-refractivity contribution in [2.75, 3.05) is 0 Å². The molecule has 0 spiro atoms. The number of rotatable bonds is 15. The maximum absolute atomic E-state index is 12.8. The molecule has 1 atom stereocenters. The fourth-order valence-corrected chi connectivity index (χ4v) is 3.29. The number of carbonyl (C=O) groups is 1. The number of hydrogen-bond donors (Lipinski definition) is 1. The number of aliphatic carboxylic acids is 1. The van der Waals surface area contributed by atoms with E-state index in [0.717, 1.165) is 19.3 Å². The zero-order valence-corrected chi connectivity index (χ0v) is 15.8. The standard InChI is InChI=1S/C22H35FO2/c1-19(18-22(24)25)12-10-8-6-4-2-3-5-7-9-11-13-20-14-16-21(23)17-15-20/h14-17,19H,2-13,18H2,1H3,(H,24,25)/i23-1. The number of benzene rings is 1. The molecular weight excluding hydrogens is 314 g/mol. The van der Waals surface area contributed by atoms with Crippen molar-refractivity contribution in [1.82, 2.24) is 0 Å². The summed E-state index contributed by atoms with van der Waals surface area (Å²) in [4.78, 5) is 10.6. The first kappa shape index (κ1) is 21.7. The van der Waals surface area contributed by atoms with Gasteiger partial charge >= 0.3 is 5.97 Å². The van der Waals surface area contributed by atoms with Crippen molar-refractivity contribution in [2.45, 2.75) is 90.4 Å². The minimum absolute atomic E-state index is 0.154. The molecule has 1 unspecified atom stereocenters. The fourth-order valence-electron chi connectivity index (χ4n) is 3.29. The van der Waals surface area contributed by atoms with Crippen LogP contribution in [0.1, 0.15) is 89.5 Å². The third kappa shape index (κ3) is 12.6. The van der Waals surface area contributed by atoms with Gasteiger partial charge in [-0.25, -0.2) is 4.39 Å². The summed E-state index contributed by atoms with van der Waals surface area (Å²) in [6.07, 6.45) is 15.1. The predicted octanol–water partition coefficient (Wildman–Crippen LogP) is 6.77. The lowest BCUT2D eigenvalue weighted by Gasteiger charge is -2.08. The van der Waals surface area contributed by atoms with Crippen molar-refractivity contribution >= 4 is 5.97 Å². The lowest BCUT2D eigenvalue weighted by Crippen LogP contribution is -2.03. The smallest absolute Gasteiger partial charge is 0.303 e. The largest absolute Gasteiger partial charge is 0.481 e. The highest BCUT2D eigenvalue weighted by Crippen LogP contribution is 2.16. The number of carboxylic acids is 1. The molecule has 0 aliphatic heterocycles. The van der Waals surface area contributed by atoms with Crippen LogP contribution in [0.15, 0.2) is 24.3 Å². The van der Waals surface area contributed by atoms with Crippen LogP contribution in [0.3, 0.4) is 0 Å². The third-order valence-corrected chi connectivity index (χ3v) is 4.85. The Kier molecular flexibility index (Phi) is 12.0. The second kappa shape index (κ2) is 13.9. The average Bonchev–Trinajstić information content (AvgIpc) is 2.57. The van der Waals surface area contributed by atoms with Gasteiger partial charge in [-0.05, 0) is 36.5 Å². The molecule has 3 heteroatoms. The molecule has 1 aromatic rings. The summed E-state index contributed by atoms with van der Waals surface area (Å²) in [7, 11) is 0. The van der Waals surface area contributed by atoms with E-state index in [-0.39, 0.29) is 5.82 Å². The van der Waals surface area contributed by atoms with Crippen LogP contribution in [0.2, 0.25) is 0 Å². The second-order valence-corrected chi connectivity index (χ2v) is 7.40. The van der Waals surface area contributed by atoms with Gasteiger partial charge in [-0.15, -0.1) is 0 Å². The lowest BCUT2D eigenvalue weighted by molar-refractivity contribution is -0.138. The molecular formula is C22H35FO2. The van der Waals surface area contributed by atoms with E-state index in [0.29, 0.717) is 12.3 Å². The van der Waals surface area contributed by atoms with Gasteiger partial charge in [-0.2, -0.15) is 0 Å². The van der Waals surface area contributed by atoms with E-state index >= 15 is 0 Å². The average molecular weight is 350 g/mol. The quantitative estimate of drug-likeness (QED) is 0.355. The number of halogens is 1. The summed E-state index contributed by atoms with van der Waals surface area (Å²) in [5, 5.41) is 8.72. The molecule has 0 fully saturated rings. The molecule has 0 amide bonds. The van der Waals surface area contributed by atoms with Crippen LogP contribution in [0.4, 0.5) is 4.39 Å². The monoisotopic (exact) mass is 349 g/mol. The zero-order valence-electron chi connectivity index (χ0n) is 15.8. The van der Waals surface area contributed by atoms with E-state index < -0.39 is 5.97 Å². The highest BCUT2D eigenvalue weighted by Gasteiger charge is 2.06. The molecule has 0 heterocycles. The van der Waals surface area contributed by atoms with Crippen LogP contribution < -0.4 is 0 Å². The SMILES string of the molecule is CC(CCCCCCCCCCCCc1ccc([18F])cc1)CC(=O)O. The van der Waals surface area contributed by atoms with Gasteiger partial charge in [0.25, 0.3) is 0 Å². The van der Waals surface area contributed by atoms with Gasteiger partial charge in [0.1, 0.15) is 5.82 Å². The Balaban J connectivity index is 1.81. The molecule has 1 N–H and O–H groups in total. The predicted molar refractivity (Wildman–Crippen MR) is 102 cm³/mol. The highest BCUT2D eigenvalue weighted by atomic mass is 18.2. The summed E-state index contributed by atoms with van der Waals surface area (Å²) < 4.78 is 12.8. The summed E-state index contributed by atoms with van der Waals surface area (Å²) in [5.74, 6) is -0.518. The van der Waals surface area contributed by atoms with Gasteiger partial charge in [-0.1, -0.05) is 83.3 Å². The molecule has 25 heavy (non-hydrogen) atoms. The topological polar surface area (TPSA) is 37.3 Å². The summed E-state index contributed by atoms with van der Waals surface area (Å²) in [5.41, 5.74) is 1.24. The van der Waals surface area contributed by atoms with Gasteiger partial charge in [0.15, 0.2) is 0 Å². The first-order valence-electron chi connectivity index (χ1n) is 10.0. The molecule has 0 bridgehead atoms. The Morgan fingerprint density at radius 1 is 0.880 bits per heavy atom. The van der Waals surface area contributed by atoms with E-state index in [1.165, 1.54) is 63.4 Å². The number of carboxylic acid groups (broad SMARTS) is 1. The molecule has 0 saturated carbocycles. The molecule has 2 nitrogen and oxygen atoms in total. The molecule has 0 saturated heterocycles. The van der Waals surface area contributed by atoms with E-state index in [4.69, 9.17) is 5.11 Å². The van der Waals surface area contributed by atoms with Gasteiger partial charge in [0.05, 0.1) is 0 Å². The molecule has 0 radical (unpaired) electrons. The number of hydrogen-bond acceptors (Lipinski definition) is 1. The van der Waals surface area contributed by atoms with Crippen molar-refractivity contribution in [3.05, 3.63) is 35.6 Å². The van der Waals surface area contributed by atoms with Gasteiger partial charge in [-0.3, -0.25) is 4.79 Å². The molecule has 0 aliphatic carbocycles. The molecule has 0 aromatic heterocycles. The Hall–Kier alpha value is -1.38. The molecule has 0 aliphatic rings. The third-order valence-electron chi connectivity index (χ3n) is 4.85. The van der Waals surface area contributed by atoms with E-state index in [9.17, 15) is 9.18 Å². The second-order valence-electron chi connectivity index (χ2n) is 7.40. The molecule has 142 valence electrons. The van der Waals surface area contributed by atoms with Crippen molar-refractivity contribution in [3.63, 3.8) is 0 Å². The van der Waals surface area contributed by atoms with Gasteiger partial charge in [0, 0.05) is 6.42 Å². The Bertz CT molecular complexity index is 456. The Labute approximate surface area is 152 Å². The van der Waals surface area contributed by atoms with Crippen LogP contribution in [0, 0.1) is 11.7 Å². The number of unbranched alkanes of at least 4 members (excludes halogenated alkanes) is 9. The van der Waals surface area contributed by atoms with Crippen molar-refractivity contribution in [2.24, 2.45) is 5.92 Å². The van der Waals surface area contributed by atoms with Crippen molar-refractivity contribution in [3.8, 4) is 0 Å². The van der Waals surface area contributed by atoms with Crippen LogP contribution in [-0.2, 0) is 11.2 Å². The van der Waals surface area contributed by atoms with E-state index in [2.05, 4.69) is 0 Å². The minimum Gasteiger partial charge on any atom is -0.481 e. The normalized spacial score (nSPS) is 12.2. The first-order chi connectivity index (χ1) is 12.1. The van der Waals surface area contributed by atoms with E-state index in [1.807, 2.05) is 19.1 Å². The molecule has 1 rings (SSSR count). The zero-order chi connectivity index (χ0) is 18.3. The summed E-state index contributed by atoms with van der Waals surface area (Å²) in [6.45, 7) is 2.03. The maximum atomic E-state index is 12.8. The Morgan fingerprint density at radius 3 is 1.88 bits per heavy atom. The van der Waals surface area contributed by atoms with Crippen LogP contribution >= 0.6 is 0 Å². The van der Waals surface area contributed by atoms with Crippen molar-refractivity contribution < 1.29 is 14.3 Å².